The molecule has 37 heavy (non-hydrogen) atoms. The molecule has 2 aliphatic rings. The van der Waals surface area contributed by atoms with E-state index in [1.54, 1.807) is 10.9 Å². The number of halogens is 3. The Hall–Kier alpha value is -4.19. The average molecular weight is 515 g/mol. The molecular formula is C25H24F3N5O4. The number of pyridine rings is 1. The van der Waals surface area contributed by atoms with E-state index in [0.29, 0.717) is 18.8 Å². The molecule has 0 aliphatic carbocycles. The average Bonchev–Trinajstić information content (AvgIpc) is 3.34. The van der Waals surface area contributed by atoms with Gasteiger partial charge in [0.1, 0.15) is 5.69 Å². The van der Waals surface area contributed by atoms with Gasteiger partial charge in [-0.25, -0.2) is 4.79 Å². The Morgan fingerprint density at radius 3 is 2.41 bits per heavy atom. The van der Waals surface area contributed by atoms with E-state index in [2.05, 4.69) is 50.6 Å². The zero-order valence-electron chi connectivity index (χ0n) is 19.6. The standard InChI is InChI=1S/C23H23N5O2.C2HF3O2/c29-23-22-16-21(26-28(22)10-9-25-23)18-7-8-24-19(15-18)4-1-17-2-5-20(6-3-17)27-11-13-30-14-12-27;3-2(4,5)1(6)7/h1-8,15-16H,9-14H2,(H,25,29);(H,6,7). The van der Waals surface area contributed by atoms with Crippen LogP contribution in [-0.4, -0.2) is 70.8 Å². The molecule has 1 amide bonds. The Balaban J connectivity index is 0.000000405. The number of carboxylic acids is 1. The van der Waals surface area contributed by atoms with Crippen LogP contribution < -0.4 is 10.2 Å². The molecule has 194 valence electrons. The predicted octanol–water partition coefficient (Wildman–Crippen LogP) is 3.33. The van der Waals surface area contributed by atoms with E-state index >= 15 is 0 Å². The van der Waals surface area contributed by atoms with Gasteiger partial charge in [0.15, 0.2) is 0 Å². The number of benzene rings is 1. The van der Waals surface area contributed by atoms with Gasteiger partial charge in [-0.1, -0.05) is 18.2 Å². The van der Waals surface area contributed by atoms with Gasteiger partial charge >= 0.3 is 12.1 Å². The van der Waals surface area contributed by atoms with Crippen LogP contribution in [-0.2, 0) is 16.1 Å². The summed E-state index contributed by atoms with van der Waals surface area (Å²) >= 11 is 0. The number of aromatic nitrogens is 3. The van der Waals surface area contributed by atoms with Crippen LogP contribution >= 0.6 is 0 Å². The van der Waals surface area contributed by atoms with E-state index in [1.165, 1.54) is 5.69 Å². The molecule has 5 rings (SSSR count). The van der Waals surface area contributed by atoms with Gasteiger partial charge in [0.25, 0.3) is 5.91 Å². The molecule has 2 aromatic heterocycles. The minimum Gasteiger partial charge on any atom is -0.475 e. The first kappa shape index (κ1) is 25.9. The van der Waals surface area contributed by atoms with E-state index < -0.39 is 12.1 Å². The fourth-order valence-electron chi connectivity index (χ4n) is 3.78. The van der Waals surface area contributed by atoms with E-state index in [-0.39, 0.29) is 5.91 Å². The highest BCUT2D eigenvalue weighted by Gasteiger charge is 2.38. The molecule has 1 fully saturated rings. The minimum atomic E-state index is -5.08. The molecule has 1 saturated heterocycles. The molecular weight excluding hydrogens is 491 g/mol. The molecule has 1 aromatic carbocycles. The summed E-state index contributed by atoms with van der Waals surface area (Å²) in [7, 11) is 0. The zero-order chi connectivity index (χ0) is 26.4. The topological polar surface area (TPSA) is 110 Å². The molecule has 0 spiro atoms. The number of aliphatic carboxylic acids is 1. The highest BCUT2D eigenvalue weighted by Crippen LogP contribution is 2.22. The van der Waals surface area contributed by atoms with Crippen LogP contribution in [0.25, 0.3) is 23.4 Å². The lowest BCUT2D eigenvalue weighted by atomic mass is 10.1. The van der Waals surface area contributed by atoms with Crippen molar-refractivity contribution in [1.82, 2.24) is 20.1 Å². The first-order valence-electron chi connectivity index (χ1n) is 11.4. The van der Waals surface area contributed by atoms with Crippen molar-refractivity contribution in [1.29, 1.82) is 0 Å². The molecule has 0 saturated carbocycles. The second-order valence-electron chi connectivity index (χ2n) is 8.19. The maximum absolute atomic E-state index is 12.0. The largest absolute Gasteiger partial charge is 0.490 e. The third-order valence-electron chi connectivity index (χ3n) is 5.66. The van der Waals surface area contributed by atoms with Gasteiger partial charge in [-0.15, -0.1) is 0 Å². The van der Waals surface area contributed by atoms with Crippen molar-refractivity contribution in [2.24, 2.45) is 0 Å². The van der Waals surface area contributed by atoms with Crippen LogP contribution in [0.2, 0.25) is 0 Å². The highest BCUT2D eigenvalue weighted by molar-refractivity contribution is 5.94. The first-order chi connectivity index (χ1) is 17.7. The fourth-order valence-corrected chi connectivity index (χ4v) is 3.78. The number of hydrogen-bond donors (Lipinski definition) is 2. The van der Waals surface area contributed by atoms with Crippen LogP contribution in [0.1, 0.15) is 21.7 Å². The Morgan fingerprint density at radius 2 is 1.76 bits per heavy atom. The van der Waals surface area contributed by atoms with Gasteiger partial charge in [0.05, 0.1) is 31.1 Å². The quantitative estimate of drug-likeness (QED) is 0.549. The smallest absolute Gasteiger partial charge is 0.475 e. The molecule has 0 radical (unpaired) electrons. The molecule has 12 heteroatoms. The summed E-state index contributed by atoms with van der Waals surface area (Å²) in [5.41, 5.74) is 5.53. The number of hydrogen-bond acceptors (Lipinski definition) is 6. The Kier molecular flexibility index (Phi) is 7.87. The number of rotatable bonds is 4. The van der Waals surface area contributed by atoms with Crippen molar-refractivity contribution in [3.05, 3.63) is 65.6 Å². The fraction of sp³-hybridized carbons (Fsp3) is 0.280. The normalized spacial score (nSPS) is 15.5. The number of anilines is 1. The predicted molar refractivity (Wildman–Crippen MR) is 130 cm³/mol. The molecule has 4 heterocycles. The van der Waals surface area contributed by atoms with Gasteiger partial charge in [0, 0.05) is 37.1 Å². The number of alkyl halides is 3. The third kappa shape index (κ3) is 6.73. The lowest BCUT2D eigenvalue weighted by molar-refractivity contribution is -0.192. The van der Waals surface area contributed by atoms with Crippen LogP contribution in [0.15, 0.2) is 48.7 Å². The summed E-state index contributed by atoms with van der Waals surface area (Å²) in [4.78, 5) is 27.7. The second kappa shape index (κ2) is 11.2. The number of carboxylic acid groups (broad SMARTS) is 1. The maximum Gasteiger partial charge on any atom is 0.490 e. The summed E-state index contributed by atoms with van der Waals surface area (Å²) in [6.45, 7) is 4.75. The molecule has 2 aliphatic heterocycles. The Labute approximate surface area is 210 Å². The van der Waals surface area contributed by atoms with Crippen molar-refractivity contribution >= 4 is 29.7 Å². The monoisotopic (exact) mass is 515 g/mol. The number of nitrogens with zero attached hydrogens (tertiary/aromatic N) is 4. The number of carbonyl (C=O) groups excluding carboxylic acids is 1. The number of nitrogens with one attached hydrogen (secondary N) is 1. The summed E-state index contributed by atoms with van der Waals surface area (Å²) in [6.07, 6.45) is 0.742. The number of morpholine rings is 1. The van der Waals surface area contributed by atoms with Crippen molar-refractivity contribution in [3.63, 3.8) is 0 Å². The maximum atomic E-state index is 12.0. The van der Waals surface area contributed by atoms with Gasteiger partial charge in [-0.2, -0.15) is 18.3 Å². The van der Waals surface area contributed by atoms with E-state index in [1.807, 2.05) is 24.3 Å². The van der Waals surface area contributed by atoms with Gasteiger partial charge in [0.2, 0.25) is 0 Å². The van der Waals surface area contributed by atoms with Crippen LogP contribution in [0.3, 0.4) is 0 Å². The molecule has 0 atom stereocenters. The lowest BCUT2D eigenvalue weighted by Gasteiger charge is -2.28. The van der Waals surface area contributed by atoms with Gasteiger partial charge < -0.3 is 20.1 Å². The first-order valence-corrected chi connectivity index (χ1v) is 11.4. The van der Waals surface area contributed by atoms with Crippen LogP contribution in [0, 0.1) is 0 Å². The number of fused-ring (bicyclic) bond motifs is 1. The summed E-state index contributed by atoms with van der Waals surface area (Å²) in [6, 6.07) is 14.3. The Bertz CT molecular complexity index is 1280. The summed E-state index contributed by atoms with van der Waals surface area (Å²) in [5.74, 6) is -2.83. The zero-order valence-corrected chi connectivity index (χ0v) is 19.6. The van der Waals surface area contributed by atoms with Crippen molar-refractivity contribution in [2.45, 2.75) is 12.7 Å². The van der Waals surface area contributed by atoms with Crippen LogP contribution in [0.4, 0.5) is 18.9 Å². The van der Waals surface area contributed by atoms with E-state index in [0.717, 1.165) is 48.8 Å². The minimum absolute atomic E-state index is 0.0744. The summed E-state index contributed by atoms with van der Waals surface area (Å²) < 4.78 is 38.9. The Morgan fingerprint density at radius 1 is 1.05 bits per heavy atom. The second-order valence-corrected chi connectivity index (χ2v) is 8.19. The molecule has 2 N–H and O–H groups in total. The lowest BCUT2D eigenvalue weighted by Crippen LogP contribution is -2.36. The number of amides is 1. The van der Waals surface area contributed by atoms with Crippen molar-refractivity contribution in [2.75, 3.05) is 37.7 Å². The molecule has 9 nitrogen and oxygen atoms in total. The van der Waals surface area contributed by atoms with Crippen molar-refractivity contribution < 1.29 is 32.6 Å². The summed E-state index contributed by atoms with van der Waals surface area (Å²) in [5, 5.41) is 14.5. The number of ether oxygens (including phenoxy) is 1. The highest BCUT2D eigenvalue weighted by atomic mass is 19.4. The SMILES string of the molecule is O=C(O)C(F)(F)F.O=C1NCCn2nc(-c3ccnc(C=Cc4ccc(N5CCOCC5)cc4)c3)cc21. The van der Waals surface area contributed by atoms with Crippen LogP contribution in [0.5, 0.6) is 0 Å². The van der Waals surface area contributed by atoms with Gasteiger partial charge in [-0.3, -0.25) is 14.5 Å². The van der Waals surface area contributed by atoms with Crippen molar-refractivity contribution in [3.8, 4) is 11.3 Å². The molecule has 3 aromatic rings. The van der Waals surface area contributed by atoms with E-state index in [9.17, 15) is 18.0 Å². The molecule has 0 unspecified atom stereocenters. The number of carbonyl (C=O) groups is 2. The van der Waals surface area contributed by atoms with E-state index in [4.69, 9.17) is 14.6 Å². The third-order valence-corrected chi connectivity index (χ3v) is 5.66. The molecule has 0 bridgehead atoms. The van der Waals surface area contributed by atoms with Gasteiger partial charge in [-0.05, 0) is 42.0 Å².